The topological polar surface area (TPSA) is 62.2 Å². The molecule has 5 nitrogen and oxygen atoms in total. The predicted molar refractivity (Wildman–Crippen MR) is 85.3 cm³/mol. The highest BCUT2D eigenvalue weighted by molar-refractivity contribution is 7.99. The lowest BCUT2D eigenvalue weighted by Crippen LogP contribution is -2.33. The zero-order valence-electron chi connectivity index (χ0n) is 12.4. The summed E-state index contributed by atoms with van der Waals surface area (Å²) in [5.74, 6) is 2.83. The third-order valence-corrected chi connectivity index (χ3v) is 4.79. The zero-order valence-corrected chi connectivity index (χ0v) is 13.2. The highest BCUT2D eigenvalue weighted by Gasteiger charge is 2.28. The van der Waals surface area contributed by atoms with Gasteiger partial charge in [0.05, 0.1) is 0 Å². The van der Waals surface area contributed by atoms with Gasteiger partial charge in [-0.3, -0.25) is 9.36 Å². The van der Waals surface area contributed by atoms with Gasteiger partial charge in [-0.25, -0.2) is 0 Å². The second-order valence-corrected chi connectivity index (χ2v) is 6.40. The van der Waals surface area contributed by atoms with Crippen molar-refractivity contribution >= 4 is 17.7 Å². The van der Waals surface area contributed by atoms with E-state index in [9.17, 15) is 10.1 Å². The van der Waals surface area contributed by atoms with Crippen molar-refractivity contribution in [2.24, 2.45) is 0 Å². The van der Waals surface area contributed by atoms with Crippen molar-refractivity contribution in [3.8, 4) is 12.0 Å². The number of hydrogen-bond acceptors (Lipinski definition) is 4. The fourth-order valence-electron chi connectivity index (χ4n) is 2.65. The Balaban J connectivity index is 2.00. The molecule has 1 fully saturated rings. The van der Waals surface area contributed by atoms with Crippen LogP contribution in [-0.2, 0) is 0 Å². The lowest BCUT2D eigenvalue weighted by atomic mass is 10.1. The SMILES string of the molecule is Cc1oc(-n2cccc2)c(C#N)c1C(=O)N1CCCSCC1. The predicted octanol–water partition coefficient (Wildman–Crippen LogP) is 2.83. The third-order valence-electron chi connectivity index (χ3n) is 3.74. The van der Waals surface area contributed by atoms with E-state index in [1.54, 1.807) is 23.9 Å². The maximum atomic E-state index is 12.8. The fraction of sp³-hybridized carbons (Fsp3) is 0.375. The van der Waals surface area contributed by atoms with Crippen molar-refractivity contribution in [2.75, 3.05) is 24.6 Å². The van der Waals surface area contributed by atoms with Crippen LogP contribution in [-0.4, -0.2) is 40.0 Å². The summed E-state index contributed by atoms with van der Waals surface area (Å²) in [7, 11) is 0. The summed E-state index contributed by atoms with van der Waals surface area (Å²) < 4.78 is 7.43. The molecule has 6 heteroatoms. The Hall–Kier alpha value is -2.13. The van der Waals surface area contributed by atoms with Crippen LogP contribution in [0.3, 0.4) is 0 Å². The molecule has 0 N–H and O–H groups in total. The Morgan fingerprint density at radius 3 is 2.82 bits per heavy atom. The van der Waals surface area contributed by atoms with Crippen LogP contribution in [0.4, 0.5) is 0 Å². The number of furan rings is 1. The molecule has 0 spiro atoms. The zero-order chi connectivity index (χ0) is 15.5. The van der Waals surface area contributed by atoms with E-state index in [4.69, 9.17) is 4.42 Å². The number of carbonyl (C=O) groups excluding carboxylic acids is 1. The van der Waals surface area contributed by atoms with E-state index in [1.807, 2.05) is 28.8 Å². The largest absolute Gasteiger partial charge is 0.443 e. The molecule has 0 radical (unpaired) electrons. The first-order chi connectivity index (χ1) is 10.7. The molecule has 0 aliphatic carbocycles. The van der Waals surface area contributed by atoms with Gasteiger partial charge in [0, 0.05) is 31.2 Å². The van der Waals surface area contributed by atoms with Gasteiger partial charge in [0.1, 0.15) is 23.0 Å². The van der Waals surface area contributed by atoms with E-state index >= 15 is 0 Å². The van der Waals surface area contributed by atoms with E-state index in [0.717, 1.165) is 31.0 Å². The van der Waals surface area contributed by atoms with Crippen molar-refractivity contribution in [3.63, 3.8) is 0 Å². The minimum absolute atomic E-state index is 0.0984. The van der Waals surface area contributed by atoms with Gasteiger partial charge in [-0.2, -0.15) is 17.0 Å². The van der Waals surface area contributed by atoms with Gasteiger partial charge in [0.25, 0.3) is 5.91 Å². The van der Waals surface area contributed by atoms with Gasteiger partial charge in [0.2, 0.25) is 5.88 Å². The fourth-order valence-corrected chi connectivity index (χ4v) is 3.54. The maximum absolute atomic E-state index is 12.8. The Kier molecular flexibility index (Phi) is 4.25. The van der Waals surface area contributed by atoms with Crippen LogP contribution >= 0.6 is 11.8 Å². The number of nitriles is 1. The molecule has 1 saturated heterocycles. The van der Waals surface area contributed by atoms with E-state index in [-0.39, 0.29) is 5.91 Å². The van der Waals surface area contributed by atoms with Gasteiger partial charge in [-0.1, -0.05) is 0 Å². The van der Waals surface area contributed by atoms with Crippen molar-refractivity contribution < 1.29 is 9.21 Å². The average molecular weight is 315 g/mol. The van der Waals surface area contributed by atoms with Crippen LogP contribution in [0.15, 0.2) is 28.9 Å². The van der Waals surface area contributed by atoms with E-state index in [1.165, 1.54) is 0 Å². The van der Waals surface area contributed by atoms with Gasteiger partial charge in [0.15, 0.2) is 0 Å². The standard InChI is InChI=1S/C16H17N3O2S/c1-12-14(15(20)18-7-4-9-22-10-8-18)13(11-17)16(21-12)19-5-2-3-6-19/h2-3,5-6H,4,7-10H2,1H3. The monoisotopic (exact) mass is 315 g/mol. The molecule has 2 aromatic rings. The Morgan fingerprint density at radius 1 is 1.32 bits per heavy atom. The number of hydrogen-bond donors (Lipinski definition) is 0. The molecule has 3 rings (SSSR count). The van der Waals surface area contributed by atoms with Crippen LogP contribution in [0.25, 0.3) is 5.88 Å². The molecule has 22 heavy (non-hydrogen) atoms. The Bertz CT molecular complexity index is 705. The number of amides is 1. The molecule has 2 aromatic heterocycles. The van der Waals surface area contributed by atoms with Gasteiger partial charge in [-0.05, 0) is 31.2 Å². The number of nitrogens with zero attached hydrogens (tertiary/aromatic N) is 3. The Morgan fingerprint density at radius 2 is 2.09 bits per heavy atom. The van der Waals surface area contributed by atoms with Crippen molar-refractivity contribution in [2.45, 2.75) is 13.3 Å². The molecule has 0 aromatic carbocycles. The second-order valence-electron chi connectivity index (χ2n) is 5.17. The molecule has 0 bridgehead atoms. The smallest absolute Gasteiger partial charge is 0.258 e. The highest BCUT2D eigenvalue weighted by atomic mass is 32.2. The quantitative estimate of drug-likeness (QED) is 0.855. The number of aromatic nitrogens is 1. The summed E-state index contributed by atoms with van der Waals surface area (Å²) in [4.78, 5) is 14.7. The molecule has 1 aliphatic rings. The molecule has 1 aliphatic heterocycles. The highest BCUT2D eigenvalue weighted by Crippen LogP contribution is 2.27. The summed E-state index contributed by atoms with van der Waals surface area (Å²) in [6.07, 6.45) is 4.59. The van der Waals surface area contributed by atoms with Crippen LogP contribution in [0.2, 0.25) is 0 Å². The first kappa shape index (κ1) is 14.8. The molecule has 0 saturated carbocycles. The first-order valence-corrected chi connectivity index (χ1v) is 8.41. The van der Waals surface area contributed by atoms with Crippen molar-refractivity contribution in [1.82, 2.24) is 9.47 Å². The Labute approximate surface area is 133 Å². The maximum Gasteiger partial charge on any atom is 0.258 e. The lowest BCUT2D eigenvalue weighted by Gasteiger charge is -2.19. The summed E-state index contributed by atoms with van der Waals surface area (Å²) >= 11 is 1.86. The average Bonchev–Trinajstić information content (AvgIpc) is 3.06. The van der Waals surface area contributed by atoms with E-state index in [2.05, 4.69) is 6.07 Å². The van der Waals surface area contributed by atoms with Crippen molar-refractivity contribution in [3.05, 3.63) is 41.4 Å². The third kappa shape index (κ3) is 2.64. The molecular formula is C16H17N3O2S. The minimum atomic E-state index is -0.0984. The summed E-state index contributed by atoms with van der Waals surface area (Å²) in [6.45, 7) is 3.20. The molecule has 114 valence electrons. The van der Waals surface area contributed by atoms with Crippen LogP contribution in [0.1, 0.15) is 28.1 Å². The number of rotatable bonds is 2. The van der Waals surface area contributed by atoms with Gasteiger partial charge >= 0.3 is 0 Å². The van der Waals surface area contributed by atoms with Gasteiger partial charge in [-0.15, -0.1) is 0 Å². The summed E-state index contributed by atoms with van der Waals surface area (Å²) in [5, 5.41) is 9.52. The molecule has 0 atom stereocenters. The number of carbonyl (C=O) groups is 1. The van der Waals surface area contributed by atoms with Gasteiger partial charge < -0.3 is 9.32 Å². The normalized spacial score (nSPS) is 15.4. The summed E-state index contributed by atoms with van der Waals surface area (Å²) in [6, 6.07) is 5.85. The lowest BCUT2D eigenvalue weighted by molar-refractivity contribution is 0.0766. The molecule has 3 heterocycles. The number of aryl methyl sites for hydroxylation is 1. The second kappa shape index (κ2) is 6.32. The summed E-state index contributed by atoms with van der Waals surface area (Å²) in [5.41, 5.74) is 0.716. The van der Waals surface area contributed by atoms with E-state index < -0.39 is 0 Å². The molecular weight excluding hydrogens is 298 g/mol. The van der Waals surface area contributed by atoms with Crippen LogP contribution < -0.4 is 0 Å². The minimum Gasteiger partial charge on any atom is -0.443 e. The number of thioether (sulfide) groups is 1. The van der Waals surface area contributed by atoms with Crippen LogP contribution in [0.5, 0.6) is 0 Å². The molecule has 1 amide bonds. The van der Waals surface area contributed by atoms with Crippen molar-refractivity contribution in [1.29, 1.82) is 5.26 Å². The molecule has 0 unspecified atom stereocenters. The first-order valence-electron chi connectivity index (χ1n) is 7.26. The van der Waals surface area contributed by atoms with E-state index in [0.29, 0.717) is 22.8 Å². The van der Waals surface area contributed by atoms with Crippen LogP contribution in [0, 0.1) is 18.3 Å².